The third kappa shape index (κ3) is 1.93. The number of aryl methyl sites for hydroxylation is 2. The lowest BCUT2D eigenvalue weighted by Gasteiger charge is -2.11. The molecule has 0 saturated heterocycles. The van der Waals surface area contributed by atoms with Crippen molar-refractivity contribution in [2.24, 2.45) is 5.73 Å². The molecular weight excluding hydrogens is 196 g/mol. The highest BCUT2D eigenvalue weighted by molar-refractivity contribution is 5.82. The van der Waals surface area contributed by atoms with Crippen LogP contribution < -0.4 is 5.73 Å². The quantitative estimate of drug-likeness (QED) is 0.834. The summed E-state index contributed by atoms with van der Waals surface area (Å²) in [5.74, 6) is 0.324. The van der Waals surface area contributed by atoms with Gasteiger partial charge in [-0.05, 0) is 37.6 Å². The van der Waals surface area contributed by atoms with Gasteiger partial charge in [0.1, 0.15) is 0 Å². The van der Waals surface area contributed by atoms with E-state index < -0.39 is 0 Å². The third-order valence-corrected chi connectivity index (χ3v) is 3.05. The molecule has 2 heteroatoms. The standard InChI is InChI=1S/C14H18N2/c1-9-4-5-13-12(6-9)10(2)7-14(16-13)11(3)8-15/h4-7,11H,8,15H2,1-3H3. The van der Waals surface area contributed by atoms with E-state index in [1.807, 2.05) is 0 Å². The van der Waals surface area contributed by atoms with Crippen LogP contribution in [0.5, 0.6) is 0 Å². The number of hydrogen-bond acceptors (Lipinski definition) is 2. The summed E-state index contributed by atoms with van der Waals surface area (Å²) >= 11 is 0. The summed E-state index contributed by atoms with van der Waals surface area (Å²) in [6.07, 6.45) is 0. The van der Waals surface area contributed by atoms with Crippen molar-refractivity contribution >= 4 is 10.9 Å². The van der Waals surface area contributed by atoms with Crippen molar-refractivity contribution in [2.45, 2.75) is 26.7 Å². The number of hydrogen-bond donors (Lipinski definition) is 1. The maximum Gasteiger partial charge on any atom is 0.0708 e. The highest BCUT2D eigenvalue weighted by Gasteiger charge is 2.08. The predicted molar refractivity (Wildman–Crippen MR) is 68.7 cm³/mol. The van der Waals surface area contributed by atoms with Crippen LogP contribution in [0.4, 0.5) is 0 Å². The van der Waals surface area contributed by atoms with Crippen LogP contribution in [0.3, 0.4) is 0 Å². The molecule has 1 heterocycles. The first-order valence-electron chi connectivity index (χ1n) is 5.70. The Morgan fingerprint density at radius 2 is 2.00 bits per heavy atom. The van der Waals surface area contributed by atoms with Gasteiger partial charge in [-0.3, -0.25) is 4.98 Å². The summed E-state index contributed by atoms with van der Waals surface area (Å²) in [7, 11) is 0. The Kier molecular flexibility index (Phi) is 2.92. The van der Waals surface area contributed by atoms with Crippen molar-refractivity contribution < 1.29 is 0 Å². The molecule has 0 aliphatic heterocycles. The van der Waals surface area contributed by atoms with Crippen molar-refractivity contribution in [3.05, 3.63) is 41.1 Å². The first-order valence-corrected chi connectivity index (χ1v) is 5.70. The van der Waals surface area contributed by atoms with Gasteiger partial charge in [0.2, 0.25) is 0 Å². The SMILES string of the molecule is Cc1ccc2nc(C(C)CN)cc(C)c2c1. The highest BCUT2D eigenvalue weighted by atomic mass is 14.7. The summed E-state index contributed by atoms with van der Waals surface area (Å²) in [5.41, 5.74) is 10.4. The highest BCUT2D eigenvalue weighted by Crippen LogP contribution is 2.22. The fourth-order valence-electron chi connectivity index (χ4n) is 1.91. The third-order valence-electron chi connectivity index (χ3n) is 3.05. The van der Waals surface area contributed by atoms with E-state index in [-0.39, 0.29) is 0 Å². The van der Waals surface area contributed by atoms with E-state index >= 15 is 0 Å². The van der Waals surface area contributed by atoms with Crippen LogP contribution in [0, 0.1) is 13.8 Å². The molecule has 84 valence electrons. The first-order chi connectivity index (χ1) is 7.61. The van der Waals surface area contributed by atoms with E-state index in [4.69, 9.17) is 5.73 Å². The minimum atomic E-state index is 0.324. The lowest BCUT2D eigenvalue weighted by atomic mass is 10.0. The molecule has 2 aromatic rings. The van der Waals surface area contributed by atoms with Crippen LogP contribution in [0.15, 0.2) is 24.3 Å². The molecule has 0 radical (unpaired) electrons. The smallest absolute Gasteiger partial charge is 0.0708 e. The van der Waals surface area contributed by atoms with Gasteiger partial charge in [0.25, 0.3) is 0 Å². The molecule has 0 fully saturated rings. The fraction of sp³-hybridized carbons (Fsp3) is 0.357. The van der Waals surface area contributed by atoms with Crippen molar-refractivity contribution in [3.63, 3.8) is 0 Å². The summed E-state index contributed by atoms with van der Waals surface area (Å²) < 4.78 is 0. The Morgan fingerprint density at radius 1 is 1.25 bits per heavy atom. The Balaban J connectivity index is 2.63. The summed E-state index contributed by atoms with van der Waals surface area (Å²) in [6.45, 7) is 7.00. The van der Waals surface area contributed by atoms with Crippen molar-refractivity contribution in [1.82, 2.24) is 4.98 Å². The first kappa shape index (κ1) is 11.1. The summed E-state index contributed by atoms with van der Waals surface area (Å²) in [5, 5.41) is 1.24. The Morgan fingerprint density at radius 3 is 2.69 bits per heavy atom. The number of aromatic nitrogens is 1. The van der Waals surface area contributed by atoms with Gasteiger partial charge in [0.05, 0.1) is 5.52 Å². The van der Waals surface area contributed by atoms with Gasteiger partial charge >= 0.3 is 0 Å². The summed E-state index contributed by atoms with van der Waals surface area (Å²) in [6, 6.07) is 8.53. The average Bonchev–Trinajstić information content (AvgIpc) is 2.28. The minimum Gasteiger partial charge on any atom is -0.330 e. The van der Waals surface area contributed by atoms with E-state index in [1.54, 1.807) is 0 Å². The number of pyridine rings is 1. The Labute approximate surface area is 96.5 Å². The Hall–Kier alpha value is -1.41. The molecule has 0 amide bonds. The molecule has 0 saturated carbocycles. The molecule has 1 atom stereocenters. The molecule has 1 aromatic heterocycles. The normalized spacial score (nSPS) is 13.0. The van der Waals surface area contributed by atoms with Crippen LogP contribution >= 0.6 is 0 Å². The van der Waals surface area contributed by atoms with E-state index in [2.05, 4.69) is 50.0 Å². The second kappa shape index (κ2) is 4.22. The zero-order chi connectivity index (χ0) is 11.7. The lowest BCUT2D eigenvalue weighted by molar-refractivity contribution is 0.748. The van der Waals surface area contributed by atoms with Crippen LogP contribution in [0.2, 0.25) is 0 Å². The van der Waals surface area contributed by atoms with Gasteiger partial charge in [0, 0.05) is 23.5 Å². The van der Waals surface area contributed by atoms with Crippen molar-refractivity contribution in [1.29, 1.82) is 0 Å². The van der Waals surface area contributed by atoms with Gasteiger partial charge in [-0.25, -0.2) is 0 Å². The zero-order valence-electron chi connectivity index (χ0n) is 10.1. The molecule has 0 spiro atoms. The van der Waals surface area contributed by atoms with Gasteiger partial charge in [0.15, 0.2) is 0 Å². The maximum absolute atomic E-state index is 5.68. The van der Waals surface area contributed by atoms with E-state index in [9.17, 15) is 0 Å². The zero-order valence-corrected chi connectivity index (χ0v) is 10.1. The molecule has 2 N–H and O–H groups in total. The molecular formula is C14H18N2. The minimum absolute atomic E-state index is 0.324. The molecule has 16 heavy (non-hydrogen) atoms. The second-order valence-corrected chi connectivity index (χ2v) is 4.52. The summed E-state index contributed by atoms with van der Waals surface area (Å²) in [4.78, 5) is 4.67. The van der Waals surface area contributed by atoms with Crippen LogP contribution in [0.1, 0.15) is 29.7 Å². The molecule has 1 unspecified atom stereocenters. The predicted octanol–water partition coefficient (Wildman–Crippen LogP) is 2.91. The topological polar surface area (TPSA) is 38.9 Å². The molecule has 0 aliphatic rings. The van der Waals surface area contributed by atoms with Crippen molar-refractivity contribution in [3.8, 4) is 0 Å². The maximum atomic E-state index is 5.68. The lowest BCUT2D eigenvalue weighted by Crippen LogP contribution is -2.10. The Bertz CT molecular complexity index is 517. The number of nitrogens with zero attached hydrogens (tertiary/aromatic N) is 1. The van der Waals surface area contributed by atoms with Crippen LogP contribution in [-0.2, 0) is 0 Å². The fourth-order valence-corrected chi connectivity index (χ4v) is 1.91. The van der Waals surface area contributed by atoms with E-state index in [0.717, 1.165) is 11.2 Å². The van der Waals surface area contributed by atoms with E-state index in [0.29, 0.717) is 12.5 Å². The number of rotatable bonds is 2. The molecule has 0 aliphatic carbocycles. The second-order valence-electron chi connectivity index (χ2n) is 4.52. The number of nitrogens with two attached hydrogens (primary N) is 1. The average molecular weight is 214 g/mol. The molecule has 1 aromatic carbocycles. The van der Waals surface area contributed by atoms with Crippen LogP contribution in [-0.4, -0.2) is 11.5 Å². The van der Waals surface area contributed by atoms with Crippen molar-refractivity contribution in [2.75, 3.05) is 6.54 Å². The van der Waals surface area contributed by atoms with Gasteiger partial charge in [-0.15, -0.1) is 0 Å². The number of fused-ring (bicyclic) bond motifs is 1. The molecule has 2 nitrogen and oxygen atoms in total. The van der Waals surface area contributed by atoms with Crippen LogP contribution in [0.25, 0.3) is 10.9 Å². The molecule has 2 rings (SSSR count). The monoisotopic (exact) mass is 214 g/mol. The van der Waals surface area contributed by atoms with E-state index in [1.165, 1.54) is 16.5 Å². The number of benzene rings is 1. The largest absolute Gasteiger partial charge is 0.330 e. The van der Waals surface area contributed by atoms with Gasteiger partial charge < -0.3 is 5.73 Å². The van der Waals surface area contributed by atoms with Gasteiger partial charge in [-0.2, -0.15) is 0 Å². The van der Waals surface area contributed by atoms with Gasteiger partial charge in [-0.1, -0.05) is 18.6 Å². The molecule has 0 bridgehead atoms.